The Balaban J connectivity index is 1.88. The highest BCUT2D eigenvalue weighted by molar-refractivity contribution is 5.13. The average Bonchev–Trinajstić information content (AvgIpc) is 2.39. The quantitative estimate of drug-likeness (QED) is 0.706. The molecule has 0 amide bonds. The minimum atomic E-state index is -0.883. The Kier molecular flexibility index (Phi) is 4.68. The molecular weight excluding hydrogens is 236 g/mol. The maximum Gasteiger partial charge on any atom is 0.184 e. The molecule has 0 bridgehead atoms. The summed E-state index contributed by atoms with van der Waals surface area (Å²) in [5, 5.41) is 28.3. The molecule has 1 saturated heterocycles. The summed E-state index contributed by atoms with van der Waals surface area (Å²) in [5.74, 6) is 0. The topological polar surface area (TPSA) is 79.2 Å². The van der Waals surface area contributed by atoms with E-state index in [2.05, 4.69) is 0 Å². The fourth-order valence-corrected chi connectivity index (χ4v) is 1.93. The van der Waals surface area contributed by atoms with Crippen LogP contribution in [0.1, 0.15) is 12.0 Å². The van der Waals surface area contributed by atoms with Crippen molar-refractivity contribution in [2.75, 3.05) is 6.61 Å². The van der Waals surface area contributed by atoms with Crippen LogP contribution in [0.2, 0.25) is 0 Å². The van der Waals surface area contributed by atoms with Crippen LogP contribution in [-0.4, -0.2) is 46.5 Å². The highest BCUT2D eigenvalue weighted by Crippen LogP contribution is 2.22. The van der Waals surface area contributed by atoms with Gasteiger partial charge in [-0.1, -0.05) is 30.3 Å². The van der Waals surface area contributed by atoms with Gasteiger partial charge in [-0.25, -0.2) is 0 Å². The van der Waals surface area contributed by atoms with Crippen molar-refractivity contribution in [1.82, 2.24) is 0 Å². The zero-order valence-corrected chi connectivity index (χ0v) is 9.98. The molecule has 5 heteroatoms. The van der Waals surface area contributed by atoms with Crippen molar-refractivity contribution in [2.24, 2.45) is 0 Å². The molecule has 1 aliphatic rings. The van der Waals surface area contributed by atoms with Crippen LogP contribution in [0.25, 0.3) is 0 Å². The van der Waals surface area contributed by atoms with Gasteiger partial charge in [0.05, 0.1) is 19.3 Å². The lowest BCUT2D eigenvalue weighted by Crippen LogP contribution is -2.49. The van der Waals surface area contributed by atoms with Crippen LogP contribution in [0.4, 0.5) is 0 Å². The van der Waals surface area contributed by atoms with Crippen LogP contribution in [0, 0.1) is 0 Å². The lowest BCUT2D eigenvalue weighted by atomic mass is 10.0. The first-order chi connectivity index (χ1) is 8.70. The van der Waals surface area contributed by atoms with E-state index in [1.54, 1.807) is 0 Å². The van der Waals surface area contributed by atoms with Gasteiger partial charge in [0.15, 0.2) is 6.29 Å². The van der Waals surface area contributed by atoms with Crippen LogP contribution >= 0.6 is 0 Å². The van der Waals surface area contributed by atoms with Crippen LogP contribution in [0.15, 0.2) is 30.3 Å². The van der Waals surface area contributed by atoms with Crippen molar-refractivity contribution in [1.29, 1.82) is 0 Å². The second-order valence-electron chi connectivity index (χ2n) is 4.39. The summed E-state index contributed by atoms with van der Waals surface area (Å²) in [5.41, 5.74) is 0.972. The van der Waals surface area contributed by atoms with Gasteiger partial charge in [-0.2, -0.15) is 0 Å². The summed E-state index contributed by atoms with van der Waals surface area (Å²) in [4.78, 5) is 0. The Morgan fingerprint density at radius 1 is 1.17 bits per heavy atom. The monoisotopic (exact) mass is 254 g/mol. The van der Waals surface area contributed by atoms with E-state index in [1.165, 1.54) is 0 Å². The molecule has 1 aromatic carbocycles. The Labute approximate surface area is 106 Å². The van der Waals surface area contributed by atoms with Crippen molar-refractivity contribution in [3.8, 4) is 0 Å². The molecule has 2 rings (SSSR count). The second-order valence-corrected chi connectivity index (χ2v) is 4.39. The maximum atomic E-state index is 9.74. The molecule has 0 saturated carbocycles. The number of hydrogen-bond donors (Lipinski definition) is 3. The van der Waals surface area contributed by atoms with Crippen molar-refractivity contribution < 1.29 is 24.8 Å². The maximum absolute atomic E-state index is 9.74. The van der Waals surface area contributed by atoms with Crippen LogP contribution in [0.3, 0.4) is 0 Å². The molecule has 0 aromatic heterocycles. The van der Waals surface area contributed by atoms with E-state index in [9.17, 15) is 10.2 Å². The van der Waals surface area contributed by atoms with Gasteiger partial charge in [-0.15, -0.1) is 0 Å². The summed E-state index contributed by atoms with van der Waals surface area (Å²) in [6.45, 7) is 0.0237. The standard InChI is InChI=1S/C13H18O5/c14-7-12-10(15)6-11(16)13(18-12)17-8-9-4-2-1-3-5-9/h1-5,10-16H,6-8H2/t10-,11-,12-,13-/m1/s1. The normalized spacial score (nSPS) is 32.4. The first kappa shape index (κ1) is 13.5. The number of rotatable bonds is 4. The number of aliphatic hydroxyl groups is 3. The van der Waals surface area contributed by atoms with Crippen molar-refractivity contribution in [3.63, 3.8) is 0 Å². The van der Waals surface area contributed by atoms with E-state index >= 15 is 0 Å². The Hall–Kier alpha value is -0.980. The number of benzene rings is 1. The highest BCUT2D eigenvalue weighted by atomic mass is 16.7. The summed E-state index contributed by atoms with van der Waals surface area (Å²) in [6, 6.07) is 9.53. The lowest BCUT2D eigenvalue weighted by molar-refractivity contribution is -0.273. The SMILES string of the molecule is OC[C@H]1O[C@@H](OCc2ccccc2)[C@H](O)C[C@H]1O. The van der Waals surface area contributed by atoms with Crippen molar-refractivity contribution in [2.45, 2.75) is 37.6 Å². The van der Waals surface area contributed by atoms with E-state index in [0.29, 0.717) is 6.61 Å². The average molecular weight is 254 g/mol. The number of ether oxygens (including phenoxy) is 2. The Morgan fingerprint density at radius 3 is 2.56 bits per heavy atom. The third-order valence-electron chi connectivity index (χ3n) is 2.97. The van der Waals surface area contributed by atoms with E-state index in [-0.39, 0.29) is 13.0 Å². The second kappa shape index (κ2) is 6.26. The van der Waals surface area contributed by atoms with E-state index in [1.807, 2.05) is 30.3 Å². The predicted molar refractivity (Wildman–Crippen MR) is 63.6 cm³/mol. The van der Waals surface area contributed by atoms with Gasteiger partial charge in [0.25, 0.3) is 0 Å². The van der Waals surface area contributed by atoms with Gasteiger partial charge in [0, 0.05) is 6.42 Å². The van der Waals surface area contributed by atoms with Gasteiger partial charge in [-0.05, 0) is 5.56 Å². The summed E-state index contributed by atoms with van der Waals surface area (Å²) in [6.07, 6.45) is -3.11. The molecule has 18 heavy (non-hydrogen) atoms. The molecule has 4 atom stereocenters. The lowest BCUT2D eigenvalue weighted by Gasteiger charge is -2.36. The molecule has 100 valence electrons. The highest BCUT2D eigenvalue weighted by Gasteiger charge is 2.36. The smallest absolute Gasteiger partial charge is 0.184 e. The molecule has 0 unspecified atom stereocenters. The van der Waals surface area contributed by atoms with Crippen LogP contribution in [-0.2, 0) is 16.1 Å². The molecule has 1 fully saturated rings. The van der Waals surface area contributed by atoms with Gasteiger partial charge < -0.3 is 24.8 Å². The predicted octanol–water partition coefficient (Wildman–Crippen LogP) is 0.0323. The fourth-order valence-electron chi connectivity index (χ4n) is 1.93. The van der Waals surface area contributed by atoms with E-state index in [0.717, 1.165) is 5.56 Å². The van der Waals surface area contributed by atoms with Gasteiger partial charge in [-0.3, -0.25) is 0 Å². The first-order valence-electron chi connectivity index (χ1n) is 5.98. The van der Waals surface area contributed by atoms with Gasteiger partial charge >= 0.3 is 0 Å². The molecule has 1 aromatic rings. The summed E-state index contributed by atoms with van der Waals surface area (Å²) < 4.78 is 10.8. The number of hydrogen-bond acceptors (Lipinski definition) is 5. The third-order valence-corrected chi connectivity index (χ3v) is 2.97. The molecule has 1 heterocycles. The molecule has 0 spiro atoms. The van der Waals surface area contributed by atoms with Crippen molar-refractivity contribution >= 4 is 0 Å². The largest absolute Gasteiger partial charge is 0.394 e. The minimum Gasteiger partial charge on any atom is -0.394 e. The Morgan fingerprint density at radius 2 is 1.89 bits per heavy atom. The van der Waals surface area contributed by atoms with Gasteiger partial charge in [0.1, 0.15) is 12.2 Å². The van der Waals surface area contributed by atoms with Crippen LogP contribution in [0.5, 0.6) is 0 Å². The molecule has 3 N–H and O–H groups in total. The molecule has 5 nitrogen and oxygen atoms in total. The zero-order chi connectivity index (χ0) is 13.0. The summed E-state index contributed by atoms with van der Waals surface area (Å²) >= 11 is 0. The van der Waals surface area contributed by atoms with Gasteiger partial charge in [0.2, 0.25) is 0 Å². The number of aliphatic hydroxyl groups excluding tert-OH is 3. The Bertz CT molecular complexity index is 356. The van der Waals surface area contributed by atoms with E-state index < -0.39 is 24.6 Å². The minimum absolute atomic E-state index is 0.144. The van der Waals surface area contributed by atoms with E-state index in [4.69, 9.17) is 14.6 Å². The first-order valence-corrected chi connectivity index (χ1v) is 5.98. The third kappa shape index (κ3) is 3.28. The molecule has 1 aliphatic heterocycles. The summed E-state index contributed by atoms with van der Waals surface area (Å²) in [7, 11) is 0. The molecule has 0 radical (unpaired) electrons. The fraction of sp³-hybridized carbons (Fsp3) is 0.538. The molecule has 0 aliphatic carbocycles. The van der Waals surface area contributed by atoms with Crippen LogP contribution < -0.4 is 0 Å². The zero-order valence-electron chi connectivity index (χ0n) is 9.98. The van der Waals surface area contributed by atoms with Crippen molar-refractivity contribution in [3.05, 3.63) is 35.9 Å². The molecular formula is C13H18O5.